The average Bonchev–Trinajstić information content (AvgIpc) is 2.55. The summed E-state index contributed by atoms with van der Waals surface area (Å²) in [4.78, 5) is 19.2. The highest BCUT2D eigenvalue weighted by Gasteiger charge is 2.24. The van der Waals surface area contributed by atoms with Crippen LogP contribution in [0.3, 0.4) is 0 Å². The molecule has 0 aliphatic carbocycles. The first-order chi connectivity index (χ1) is 12.5. The van der Waals surface area contributed by atoms with Gasteiger partial charge in [0.25, 0.3) is 0 Å². The number of phosphoric ester groups is 1. The zero-order valence-electron chi connectivity index (χ0n) is 14.8. The number of hydrogen-bond acceptors (Lipinski definition) is 4. The lowest BCUT2D eigenvalue weighted by atomic mass is 9.95. The highest BCUT2D eigenvalue weighted by molar-refractivity contribution is 7.99. The molecule has 9 heteroatoms. The molecule has 0 bridgehead atoms. The fourth-order valence-corrected chi connectivity index (χ4v) is 4.07. The van der Waals surface area contributed by atoms with Crippen molar-refractivity contribution < 1.29 is 23.3 Å². The molecule has 4 N–H and O–H groups in total. The Morgan fingerprint density at radius 3 is 2.59 bits per heavy atom. The maximum absolute atomic E-state index is 14.4. The molecule has 27 heavy (non-hydrogen) atoms. The molecule has 0 unspecified atom stereocenters. The lowest BCUT2D eigenvalue weighted by molar-refractivity contribution is 0.153. The van der Waals surface area contributed by atoms with Gasteiger partial charge in [0.1, 0.15) is 5.82 Å². The number of halogens is 2. The van der Waals surface area contributed by atoms with Crippen LogP contribution in [0.15, 0.2) is 52.3 Å². The quantitative estimate of drug-likeness (QED) is 0.493. The number of hydrogen-bond donors (Lipinski definition) is 3. The minimum atomic E-state index is -4.55. The van der Waals surface area contributed by atoms with Gasteiger partial charge in [-0.25, -0.2) is 8.96 Å². The maximum Gasteiger partial charge on any atom is 0.469 e. The van der Waals surface area contributed by atoms with Crippen molar-refractivity contribution in [2.45, 2.75) is 41.5 Å². The van der Waals surface area contributed by atoms with Crippen molar-refractivity contribution in [1.29, 1.82) is 0 Å². The first-order valence-electron chi connectivity index (χ1n) is 8.25. The van der Waals surface area contributed by atoms with Crippen LogP contribution in [0.5, 0.6) is 0 Å². The summed E-state index contributed by atoms with van der Waals surface area (Å²) < 4.78 is 29.6. The minimum Gasteiger partial charge on any atom is -0.323 e. The molecule has 0 saturated heterocycles. The molecular weight excluding hydrogens is 412 g/mol. The summed E-state index contributed by atoms with van der Waals surface area (Å²) in [5.41, 5.74) is 5.64. The Balaban J connectivity index is 1.89. The molecule has 0 amide bonds. The van der Waals surface area contributed by atoms with E-state index in [1.165, 1.54) is 17.8 Å². The molecule has 0 spiro atoms. The molecule has 2 rings (SSSR count). The van der Waals surface area contributed by atoms with Gasteiger partial charge in [0.15, 0.2) is 0 Å². The zero-order chi connectivity index (χ0) is 20.1. The third kappa shape index (κ3) is 8.32. The predicted octanol–water partition coefficient (Wildman–Crippen LogP) is 4.78. The SMILES string of the molecule is C[C@@](N)(CCCc1ccc(Sc2cccc(Cl)c2)cc1F)COP(=O)(O)O. The molecule has 0 aliphatic rings. The Morgan fingerprint density at radius 1 is 1.26 bits per heavy atom. The molecule has 1 atom stereocenters. The molecule has 2 aromatic carbocycles. The Labute approximate surface area is 167 Å². The van der Waals surface area contributed by atoms with Crippen molar-refractivity contribution in [1.82, 2.24) is 0 Å². The van der Waals surface area contributed by atoms with Crippen molar-refractivity contribution in [2.75, 3.05) is 6.61 Å². The second-order valence-corrected chi connectivity index (χ2v) is 9.41. The Bertz CT molecular complexity index is 831. The minimum absolute atomic E-state index is 0.269. The molecule has 0 heterocycles. The van der Waals surface area contributed by atoms with Crippen LogP contribution in [-0.2, 0) is 15.5 Å². The van der Waals surface area contributed by atoms with E-state index in [1.807, 2.05) is 24.3 Å². The van der Waals surface area contributed by atoms with E-state index in [1.54, 1.807) is 19.1 Å². The number of aryl methyl sites for hydroxylation is 1. The van der Waals surface area contributed by atoms with Gasteiger partial charge in [0.05, 0.1) is 6.61 Å². The lowest BCUT2D eigenvalue weighted by Gasteiger charge is -2.24. The van der Waals surface area contributed by atoms with Crippen LogP contribution >= 0.6 is 31.2 Å². The second kappa shape index (κ2) is 9.52. The van der Waals surface area contributed by atoms with Gasteiger partial charge in [-0.1, -0.05) is 35.5 Å². The van der Waals surface area contributed by atoms with E-state index < -0.39 is 13.4 Å². The van der Waals surface area contributed by atoms with Crippen molar-refractivity contribution >= 4 is 31.2 Å². The number of benzene rings is 2. The molecule has 0 fully saturated rings. The van der Waals surface area contributed by atoms with Crippen LogP contribution in [0.2, 0.25) is 5.02 Å². The van der Waals surface area contributed by atoms with E-state index in [4.69, 9.17) is 27.1 Å². The predicted molar refractivity (Wildman–Crippen MR) is 106 cm³/mol. The summed E-state index contributed by atoms with van der Waals surface area (Å²) in [7, 11) is -4.55. The van der Waals surface area contributed by atoms with Crippen molar-refractivity contribution in [3.63, 3.8) is 0 Å². The van der Waals surface area contributed by atoms with Gasteiger partial charge in [-0.2, -0.15) is 0 Å². The van der Waals surface area contributed by atoms with Crippen LogP contribution in [0, 0.1) is 5.82 Å². The summed E-state index contributed by atoms with van der Waals surface area (Å²) >= 11 is 7.39. The topological polar surface area (TPSA) is 92.8 Å². The third-order valence-electron chi connectivity index (χ3n) is 3.81. The van der Waals surface area contributed by atoms with Gasteiger partial charge in [0, 0.05) is 20.4 Å². The largest absolute Gasteiger partial charge is 0.469 e. The van der Waals surface area contributed by atoms with Crippen LogP contribution < -0.4 is 5.73 Å². The van der Waals surface area contributed by atoms with Crippen LogP contribution in [0.25, 0.3) is 0 Å². The van der Waals surface area contributed by atoms with Crippen molar-refractivity contribution in [3.05, 3.63) is 58.9 Å². The molecule has 0 aliphatic heterocycles. The number of phosphoric acid groups is 1. The average molecular weight is 434 g/mol. The van der Waals surface area contributed by atoms with Gasteiger partial charge < -0.3 is 15.5 Å². The molecule has 0 saturated carbocycles. The van der Waals surface area contributed by atoms with E-state index in [9.17, 15) is 8.96 Å². The van der Waals surface area contributed by atoms with E-state index in [2.05, 4.69) is 4.52 Å². The standard InChI is InChI=1S/C18H22ClFNO4PS/c1-18(21,12-25-26(22,23)24)9-3-4-13-7-8-16(11-17(13)20)27-15-6-2-5-14(19)10-15/h2,5-8,10-11H,3-4,9,12,21H2,1H3,(H2,22,23,24)/t18-/m1/s1. The fraction of sp³-hybridized carbons (Fsp3) is 0.333. The van der Waals surface area contributed by atoms with Gasteiger partial charge in [0.2, 0.25) is 0 Å². The molecule has 148 valence electrons. The van der Waals surface area contributed by atoms with Crippen molar-refractivity contribution in [2.24, 2.45) is 5.73 Å². The van der Waals surface area contributed by atoms with E-state index in [0.717, 1.165) is 9.79 Å². The second-order valence-electron chi connectivity index (χ2n) is 6.58. The monoisotopic (exact) mass is 433 g/mol. The smallest absolute Gasteiger partial charge is 0.323 e. The van der Waals surface area contributed by atoms with E-state index in [-0.39, 0.29) is 12.4 Å². The Hall–Kier alpha value is -0.920. The van der Waals surface area contributed by atoms with Gasteiger partial charge in [-0.3, -0.25) is 4.52 Å². The van der Waals surface area contributed by atoms with Crippen molar-refractivity contribution in [3.8, 4) is 0 Å². The third-order valence-corrected chi connectivity index (χ3v) is 5.49. The fourth-order valence-electron chi connectivity index (χ4n) is 2.45. The first kappa shape index (κ1) is 22.4. The highest BCUT2D eigenvalue weighted by Crippen LogP contribution is 2.37. The van der Waals surface area contributed by atoms with Gasteiger partial charge in [-0.15, -0.1) is 0 Å². The van der Waals surface area contributed by atoms with Gasteiger partial charge in [-0.05, 0) is 62.1 Å². The summed E-state index contributed by atoms with van der Waals surface area (Å²) in [5.74, 6) is -0.299. The normalized spacial score (nSPS) is 14.1. The highest BCUT2D eigenvalue weighted by atomic mass is 35.5. The summed E-state index contributed by atoms with van der Waals surface area (Å²) in [6, 6.07) is 12.4. The maximum atomic E-state index is 14.4. The van der Waals surface area contributed by atoms with Crippen LogP contribution in [-0.4, -0.2) is 21.9 Å². The van der Waals surface area contributed by atoms with Crippen LogP contribution in [0.4, 0.5) is 4.39 Å². The number of rotatable bonds is 9. The molecule has 2 aromatic rings. The molecule has 0 radical (unpaired) electrons. The Kier molecular flexibility index (Phi) is 7.89. The summed E-state index contributed by atoms with van der Waals surface area (Å²) in [6.45, 7) is 1.37. The summed E-state index contributed by atoms with van der Waals surface area (Å²) in [5, 5.41) is 0.629. The molecular formula is C18H22ClFNO4PS. The van der Waals surface area contributed by atoms with E-state index in [0.29, 0.717) is 29.8 Å². The number of nitrogens with two attached hydrogens (primary N) is 1. The molecule has 5 nitrogen and oxygen atoms in total. The van der Waals surface area contributed by atoms with E-state index >= 15 is 0 Å². The van der Waals surface area contributed by atoms with Crippen LogP contribution in [0.1, 0.15) is 25.3 Å². The molecule has 0 aromatic heterocycles. The van der Waals surface area contributed by atoms with Gasteiger partial charge >= 0.3 is 7.82 Å². The zero-order valence-corrected chi connectivity index (χ0v) is 17.2. The first-order valence-corrected chi connectivity index (χ1v) is 11.0. The lowest BCUT2D eigenvalue weighted by Crippen LogP contribution is -2.40. The summed E-state index contributed by atoms with van der Waals surface area (Å²) in [6.07, 6.45) is 1.47. The Morgan fingerprint density at radius 2 is 1.96 bits per heavy atom.